The van der Waals surface area contributed by atoms with Gasteiger partial charge in [0.2, 0.25) is 0 Å². The van der Waals surface area contributed by atoms with Gasteiger partial charge in [0.1, 0.15) is 15.6 Å². The summed E-state index contributed by atoms with van der Waals surface area (Å²) < 4.78 is 36.3. The van der Waals surface area contributed by atoms with Crippen molar-refractivity contribution in [1.82, 2.24) is 0 Å². The van der Waals surface area contributed by atoms with Crippen molar-refractivity contribution in [1.29, 1.82) is 0 Å². The number of hydrogen-bond donors (Lipinski definition) is 1. The van der Waals surface area contributed by atoms with Crippen molar-refractivity contribution in [3.63, 3.8) is 0 Å². The van der Waals surface area contributed by atoms with E-state index in [2.05, 4.69) is 4.74 Å². The Hall–Kier alpha value is 0.340. The number of ether oxygens (including phenoxy) is 1. The fraction of sp³-hybridized carbons (Fsp3) is 0.875. The van der Waals surface area contributed by atoms with Gasteiger partial charge in [-0.15, -0.1) is 0 Å². The number of esters is 1. The zero-order valence-electron chi connectivity index (χ0n) is 9.63. The molecule has 3 atom stereocenters. The standard InChI is InChI=1S/C8H14O6S.Na/c1-8(2)4(6(9)14-3)5(8)7(10)15(11,12)13;/h4-5,7,10H,1-3H3,(H,11,12,13);/q;+1/p-1/t4-,5-,7?;/m1./s1. The molecule has 1 aliphatic rings. The van der Waals surface area contributed by atoms with Gasteiger partial charge in [-0.3, -0.25) is 4.79 Å². The van der Waals surface area contributed by atoms with E-state index >= 15 is 0 Å². The molecule has 1 rings (SSSR count). The molecule has 0 amide bonds. The molecule has 1 N–H and O–H groups in total. The summed E-state index contributed by atoms with van der Waals surface area (Å²) in [6.45, 7) is 3.21. The summed E-state index contributed by atoms with van der Waals surface area (Å²) in [6.07, 6.45) is 0. The Morgan fingerprint density at radius 2 is 1.94 bits per heavy atom. The summed E-state index contributed by atoms with van der Waals surface area (Å²) in [5, 5.41) is 9.27. The summed E-state index contributed by atoms with van der Waals surface area (Å²) in [4.78, 5) is 11.2. The van der Waals surface area contributed by atoms with E-state index in [0.29, 0.717) is 0 Å². The summed E-state index contributed by atoms with van der Waals surface area (Å²) in [6, 6.07) is 0. The van der Waals surface area contributed by atoms with E-state index in [0.717, 1.165) is 0 Å². The summed E-state index contributed by atoms with van der Waals surface area (Å²) in [5.74, 6) is -2.22. The van der Waals surface area contributed by atoms with Gasteiger partial charge in [-0.1, -0.05) is 13.8 Å². The molecule has 0 aromatic carbocycles. The second-order valence-electron chi connectivity index (χ2n) is 4.23. The number of hydrogen-bond acceptors (Lipinski definition) is 6. The van der Waals surface area contributed by atoms with Gasteiger partial charge in [-0.05, 0) is 5.41 Å². The van der Waals surface area contributed by atoms with Crippen LogP contribution in [0.4, 0.5) is 0 Å². The van der Waals surface area contributed by atoms with Gasteiger partial charge in [0.25, 0.3) is 0 Å². The van der Waals surface area contributed by atoms with E-state index in [9.17, 15) is 22.9 Å². The van der Waals surface area contributed by atoms with Crippen LogP contribution in [0.3, 0.4) is 0 Å². The van der Waals surface area contributed by atoms with Gasteiger partial charge in [0.15, 0.2) is 0 Å². The van der Waals surface area contributed by atoms with Gasteiger partial charge in [-0.2, -0.15) is 0 Å². The third-order valence-corrected chi connectivity index (χ3v) is 3.85. The molecular formula is C8H13NaO6S. The number of rotatable bonds is 3. The van der Waals surface area contributed by atoms with Crippen molar-refractivity contribution in [3.8, 4) is 0 Å². The molecule has 0 saturated heterocycles. The molecule has 0 aromatic rings. The van der Waals surface area contributed by atoms with Crippen molar-refractivity contribution in [2.45, 2.75) is 19.3 Å². The average Bonchev–Trinajstić information content (AvgIpc) is 2.64. The van der Waals surface area contributed by atoms with Crippen LogP contribution in [0.25, 0.3) is 0 Å². The first-order valence-corrected chi connectivity index (χ1v) is 5.81. The molecule has 8 heteroatoms. The van der Waals surface area contributed by atoms with Crippen LogP contribution in [0.1, 0.15) is 13.8 Å². The molecule has 88 valence electrons. The van der Waals surface area contributed by atoms with Crippen LogP contribution in [0.15, 0.2) is 0 Å². The summed E-state index contributed by atoms with van der Waals surface area (Å²) >= 11 is 0. The Balaban J connectivity index is 0.00000225. The predicted molar refractivity (Wildman–Crippen MR) is 48.5 cm³/mol. The third kappa shape index (κ3) is 2.77. The SMILES string of the molecule is COC(=O)[C@H]1[C@H](C(O)S(=O)(=O)[O-])C1(C)C.[Na+]. The molecular weight excluding hydrogens is 247 g/mol. The van der Waals surface area contributed by atoms with E-state index in [1.165, 1.54) is 7.11 Å². The van der Waals surface area contributed by atoms with Crippen molar-refractivity contribution in [2.24, 2.45) is 17.3 Å². The van der Waals surface area contributed by atoms with Gasteiger partial charge < -0.3 is 14.4 Å². The Labute approximate surface area is 116 Å². The average molecular weight is 260 g/mol. The molecule has 16 heavy (non-hydrogen) atoms. The van der Waals surface area contributed by atoms with Crippen LogP contribution in [-0.2, 0) is 19.6 Å². The first kappa shape index (κ1) is 16.3. The fourth-order valence-corrected chi connectivity index (χ4v) is 2.83. The quantitative estimate of drug-likeness (QED) is 0.318. The van der Waals surface area contributed by atoms with Gasteiger partial charge >= 0.3 is 35.5 Å². The van der Waals surface area contributed by atoms with Crippen molar-refractivity contribution in [2.75, 3.05) is 7.11 Å². The van der Waals surface area contributed by atoms with Crippen LogP contribution in [0, 0.1) is 17.3 Å². The molecule has 1 aliphatic carbocycles. The normalized spacial score (nSPS) is 28.8. The van der Waals surface area contributed by atoms with E-state index < -0.39 is 38.8 Å². The van der Waals surface area contributed by atoms with E-state index in [1.54, 1.807) is 13.8 Å². The number of aliphatic hydroxyl groups is 1. The van der Waals surface area contributed by atoms with E-state index in [1.807, 2.05) is 0 Å². The van der Waals surface area contributed by atoms with E-state index in [4.69, 9.17) is 0 Å². The largest absolute Gasteiger partial charge is 1.00 e. The zero-order valence-corrected chi connectivity index (χ0v) is 12.4. The van der Waals surface area contributed by atoms with Gasteiger partial charge in [0.05, 0.1) is 13.0 Å². The summed E-state index contributed by atoms with van der Waals surface area (Å²) in [5.41, 5.74) is -2.76. The second kappa shape index (κ2) is 4.91. The molecule has 6 nitrogen and oxygen atoms in total. The molecule has 0 bridgehead atoms. The maximum atomic E-state index is 11.2. The van der Waals surface area contributed by atoms with E-state index in [-0.39, 0.29) is 29.6 Å². The van der Waals surface area contributed by atoms with Crippen LogP contribution in [-0.4, -0.2) is 36.6 Å². The minimum absolute atomic E-state index is 0. The number of methoxy groups -OCH3 is 1. The zero-order chi connectivity index (χ0) is 12.0. The molecule has 1 unspecified atom stereocenters. The topological polar surface area (TPSA) is 104 Å². The Bertz CT molecular complexity index is 376. The van der Waals surface area contributed by atoms with Crippen molar-refractivity contribution >= 4 is 16.1 Å². The minimum Gasteiger partial charge on any atom is -0.746 e. The molecule has 0 spiro atoms. The number of carbonyl (C=O) groups is 1. The van der Waals surface area contributed by atoms with Crippen LogP contribution >= 0.6 is 0 Å². The molecule has 1 saturated carbocycles. The van der Waals surface area contributed by atoms with Crippen molar-refractivity contribution in [3.05, 3.63) is 0 Å². The third-order valence-electron chi connectivity index (χ3n) is 2.97. The Morgan fingerprint density at radius 3 is 2.25 bits per heavy atom. The maximum absolute atomic E-state index is 11.2. The fourth-order valence-electron chi connectivity index (χ4n) is 1.97. The predicted octanol–water partition coefficient (Wildman–Crippen LogP) is -3.70. The monoisotopic (exact) mass is 260 g/mol. The van der Waals surface area contributed by atoms with Crippen LogP contribution in [0.5, 0.6) is 0 Å². The molecule has 0 aromatic heterocycles. The van der Waals surface area contributed by atoms with Crippen LogP contribution < -0.4 is 29.6 Å². The summed E-state index contributed by atoms with van der Waals surface area (Å²) in [7, 11) is -3.62. The molecule has 1 fully saturated rings. The Morgan fingerprint density at radius 1 is 1.50 bits per heavy atom. The number of carbonyl (C=O) groups excluding carboxylic acids is 1. The minimum atomic E-state index is -4.79. The van der Waals surface area contributed by atoms with Gasteiger partial charge in [-0.25, -0.2) is 8.42 Å². The molecule has 0 heterocycles. The first-order valence-electron chi connectivity index (χ1n) is 4.34. The van der Waals surface area contributed by atoms with Crippen molar-refractivity contribution < 1.29 is 57.2 Å². The number of aliphatic hydroxyl groups excluding tert-OH is 1. The molecule has 0 aliphatic heterocycles. The smallest absolute Gasteiger partial charge is 0.746 e. The van der Waals surface area contributed by atoms with Gasteiger partial charge in [0, 0.05) is 5.92 Å². The maximum Gasteiger partial charge on any atom is 1.00 e. The molecule has 0 radical (unpaired) electrons. The van der Waals surface area contributed by atoms with Crippen LogP contribution in [0.2, 0.25) is 0 Å². The first-order chi connectivity index (χ1) is 6.64. The Kier molecular flexibility index (Phi) is 5.02. The second-order valence-corrected chi connectivity index (χ2v) is 5.70.